The molecule has 4 N–H and O–H groups in total. The fraction of sp³-hybridized carbons (Fsp3) is 0.667. The maximum absolute atomic E-state index is 11.4. The van der Waals surface area contributed by atoms with Crippen LogP contribution in [0.25, 0.3) is 0 Å². The Morgan fingerprint density at radius 1 is 1.29 bits per heavy atom. The molecular formula is C24H41N5O2. The van der Waals surface area contributed by atoms with Gasteiger partial charge in [-0.15, -0.1) is 0 Å². The molecule has 1 aliphatic heterocycles. The largest absolute Gasteiger partial charge is 0.493 e. The summed E-state index contributed by atoms with van der Waals surface area (Å²) in [5.41, 5.74) is 7.81. The molecule has 1 heterocycles. The predicted octanol–water partition coefficient (Wildman–Crippen LogP) is 2.82. The van der Waals surface area contributed by atoms with Crippen LogP contribution >= 0.6 is 0 Å². The molecule has 1 unspecified atom stereocenters. The summed E-state index contributed by atoms with van der Waals surface area (Å²) in [5.74, 6) is 1.57. The van der Waals surface area contributed by atoms with E-state index in [9.17, 15) is 4.79 Å². The molecule has 1 amide bonds. The van der Waals surface area contributed by atoms with E-state index in [1.807, 2.05) is 0 Å². The van der Waals surface area contributed by atoms with E-state index in [2.05, 4.69) is 52.6 Å². The number of rotatable bonds is 12. The van der Waals surface area contributed by atoms with Crippen LogP contribution in [0.1, 0.15) is 56.6 Å². The first-order valence-electron chi connectivity index (χ1n) is 11.7. The predicted molar refractivity (Wildman–Crippen MR) is 127 cm³/mol. The van der Waals surface area contributed by atoms with Crippen molar-refractivity contribution in [1.82, 2.24) is 15.5 Å². The van der Waals surface area contributed by atoms with Gasteiger partial charge in [-0.1, -0.05) is 31.9 Å². The highest BCUT2D eigenvalue weighted by molar-refractivity contribution is 5.79. The van der Waals surface area contributed by atoms with Gasteiger partial charge in [0.2, 0.25) is 5.91 Å². The smallest absolute Gasteiger partial charge is 0.221 e. The zero-order valence-corrected chi connectivity index (χ0v) is 19.6. The van der Waals surface area contributed by atoms with Crippen LogP contribution in [0.15, 0.2) is 23.2 Å². The molecule has 31 heavy (non-hydrogen) atoms. The number of amides is 1. The zero-order valence-electron chi connectivity index (χ0n) is 19.6. The van der Waals surface area contributed by atoms with Crippen LogP contribution in [0, 0.1) is 12.8 Å². The van der Waals surface area contributed by atoms with Crippen LogP contribution < -0.4 is 21.1 Å². The number of primary amides is 1. The van der Waals surface area contributed by atoms with Crippen LogP contribution in [0.4, 0.5) is 0 Å². The van der Waals surface area contributed by atoms with E-state index >= 15 is 0 Å². The standard InChI is InChI=1S/C24H41N5O2/c1-4-5-6-15-31-22-16-19(2)10-11-20(22)17-28-24(26-3)27-12-8-14-29-13-7-9-21(18-29)23(25)30/h10-11,16,21H,4-9,12-15,17-18H2,1-3H3,(H2,25,30)(H2,26,27,28). The summed E-state index contributed by atoms with van der Waals surface area (Å²) in [5, 5.41) is 6.78. The Kier molecular flexibility index (Phi) is 11.2. The molecular weight excluding hydrogens is 390 g/mol. The molecule has 7 nitrogen and oxygen atoms in total. The minimum absolute atomic E-state index is 0.00374. The number of hydrogen-bond donors (Lipinski definition) is 3. The minimum atomic E-state index is -0.169. The first-order chi connectivity index (χ1) is 15.0. The quantitative estimate of drug-likeness (QED) is 0.269. The lowest BCUT2D eigenvalue weighted by Gasteiger charge is -2.31. The SMILES string of the molecule is CCCCCOc1cc(C)ccc1CNC(=NC)NCCCN1CCCC(C(N)=O)C1. The normalized spacial score (nSPS) is 17.4. The fourth-order valence-electron chi connectivity index (χ4n) is 3.88. The number of ether oxygens (including phenoxy) is 1. The van der Waals surface area contributed by atoms with E-state index in [1.165, 1.54) is 18.4 Å². The summed E-state index contributed by atoms with van der Waals surface area (Å²) >= 11 is 0. The molecule has 0 bridgehead atoms. The fourth-order valence-corrected chi connectivity index (χ4v) is 3.88. The van der Waals surface area contributed by atoms with Crippen molar-refractivity contribution >= 4 is 11.9 Å². The Balaban J connectivity index is 1.74. The maximum Gasteiger partial charge on any atom is 0.221 e. The van der Waals surface area contributed by atoms with Crippen molar-refractivity contribution in [2.45, 2.75) is 58.9 Å². The number of nitrogens with zero attached hydrogens (tertiary/aromatic N) is 2. The van der Waals surface area contributed by atoms with Gasteiger partial charge < -0.3 is 26.0 Å². The molecule has 0 saturated carbocycles. The number of carbonyl (C=O) groups is 1. The van der Waals surface area contributed by atoms with Gasteiger partial charge in [-0.25, -0.2) is 0 Å². The molecule has 0 spiro atoms. The molecule has 1 aromatic rings. The summed E-state index contributed by atoms with van der Waals surface area (Å²) in [6.07, 6.45) is 6.42. The molecule has 0 aliphatic carbocycles. The van der Waals surface area contributed by atoms with Gasteiger partial charge in [-0.05, 0) is 57.3 Å². The number of nitrogens with one attached hydrogen (secondary N) is 2. The van der Waals surface area contributed by atoms with Crippen LogP contribution in [0.5, 0.6) is 5.75 Å². The van der Waals surface area contributed by atoms with Gasteiger partial charge in [-0.2, -0.15) is 0 Å². The number of carbonyl (C=O) groups excluding carboxylic acids is 1. The first kappa shape index (κ1) is 25.0. The molecule has 1 fully saturated rings. The summed E-state index contributed by atoms with van der Waals surface area (Å²) in [6.45, 7) is 9.32. The van der Waals surface area contributed by atoms with Crippen LogP contribution in [-0.2, 0) is 11.3 Å². The minimum Gasteiger partial charge on any atom is -0.493 e. The van der Waals surface area contributed by atoms with E-state index in [4.69, 9.17) is 10.5 Å². The second-order valence-electron chi connectivity index (χ2n) is 8.41. The zero-order chi connectivity index (χ0) is 22.5. The Hall–Kier alpha value is -2.28. The van der Waals surface area contributed by atoms with Crippen molar-refractivity contribution in [2.24, 2.45) is 16.6 Å². The molecule has 1 atom stereocenters. The third-order valence-electron chi connectivity index (χ3n) is 5.75. The van der Waals surface area contributed by atoms with Gasteiger partial charge in [-0.3, -0.25) is 9.79 Å². The van der Waals surface area contributed by atoms with Crippen molar-refractivity contribution in [1.29, 1.82) is 0 Å². The molecule has 7 heteroatoms. The van der Waals surface area contributed by atoms with Crippen LogP contribution in [0.2, 0.25) is 0 Å². The lowest BCUT2D eigenvalue weighted by atomic mass is 9.97. The average Bonchev–Trinajstić information content (AvgIpc) is 2.77. The van der Waals surface area contributed by atoms with Gasteiger partial charge in [0.15, 0.2) is 5.96 Å². The number of benzene rings is 1. The van der Waals surface area contributed by atoms with Crippen molar-refractivity contribution < 1.29 is 9.53 Å². The van der Waals surface area contributed by atoms with Gasteiger partial charge in [0, 0.05) is 32.2 Å². The second kappa shape index (κ2) is 13.9. The lowest BCUT2D eigenvalue weighted by molar-refractivity contribution is -0.123. The van der Waals surface area contributed by atoms with Gasteiger partial charge >= 0.3 is 0 Å². The third-order valence-corrected chi connectivity index (χ3v) is 5.75. The number of aliphatic imine (C=N–C) groups is 1. The Labute approximate surface area is 187 Å². The number of aryl methyl sites for hydroxylation is 1. The second-order valence-corrected chi connectivity index (χ2v) is 8.41. The van der Waals surface area contributed by atoms with Crippen molar-refractivity contribution in [3.8, 4) is 5.75 Å². The number of unbranched alkanes of at least 4 members (excludes halogenated alkanes) is 2. The molecule has 2 rings (SSSR count). The molecule has 1 aliphatic rings. The topological polar surface area (TPSA) is 92.0 Å². The Morgan fingerprint density at radius 2 is 2.13 bits per heavy atom. The average molecular weight is 432 g/mol. The van der Waals surface area contributed by atoms with Crippen LogP contribution in [-0.4, -0.2) is 56.6 Å². The molecule has 0 aromatic heterocycles. The Bertz CT molecular complexity index is 707. The third kappa shape index (κ3) is 9.17. The molecule has 1 saturated heterocycles. The van der Waals surface area contributed by atoms with E-state index in [-0.39, 0.29) is 11.8 Å². The van der Waals surface area contributed by atoms with Crippen molar-refractivity contribution in [2.75, 3.05) is 39.8 Å². The van der Waals surface area contributed by atoms with Crippen LogP contribution in [0.3, 0.4) is 0 Å². The van der Waals surface area contributed by atoms with Gasteiger partial charge in [0.1, 0.15) is 5.75 Å². The molecule has 0 radical (unpaired) electrons. The van der Waals surface area contributed by atoms with Crippen molar-refractivity contribution in [3.63, 3.8) is 0 Å². The summed E-state index contributed by atoms with van der Waals surface area (Å²) in [4.78, 5) is 18.1. The van der Waals surface area contributed by atoms with E-state index in [0.717, 1.165) is 75.7 Å². The maximum atomic E-state index is 11.4. The van der Waals surface area contributed by atoms with E-state index < -0.39 is 0 Å². The first-order valence-corrected chi connectivity index (χ1v) is 11.7. The van der Waals surface area contributed by atoms with E-state index in [0.29, 0.717) is 6.54 Å². The highest BCUT2D eigenvalue weighted by atomic mass is 16.5. The van der Waals surface area contributed by atoms with E-state index in [1.54, 1.807) is 7.05 Å². The highest BCUT2D eigenvalue weighted by Crippen LogP contribution is 2.21. The van der Waals surface area contributed by atoms with Gasteiger partial charge in [0.05, 0.1) is 12.5 Å². The summed E-state index contributed by atoms with van der Waals surface area (Å²) in [7, 11) is 1.79. The summed E-state index contributed by atoms with van der Waals surface area (Å²) < 4.78 is 6.04. The van der Waals surface area contributed by atoms with Gasteiger partial charge in [0.25, 0.3) is 0 Å². The molecule has 174 valence electrons. The monoisotopic (exact) mass is 431 g/mol. The highest BCUT2D eigenvalue weighted by Gasteiger charge is 2.23. The lowest BCUT2D eigenvalue weighted by Crippen LogP contribution is -2.42. The molecule has 1 aromatic carbocycles. The number of likely N-dealkylation sites (tertiary alicyclic amines) is 1. The Morgan fingerprint density at radius 3 is 2.87 bits per heavy atom. The number of nitrogens with two attached hydrogens (primary N) is 1. The number of hydrogen-bond acceptors (Lipinski definition) is 4. The number of piperidine rings is 1. The summed E-state index contributed by atoms with van der Waals surface area (Å²) in [6, 6.07) is 6.34. The van der Waals surface area contributed by atoms with Crippen molar-refractivity contribution in [3.05, 3.63) is 29.3 Å². The number of guanidine groups is 1.